The van der Waals surface area contributed by atoms with Gasteiger partial charge < -0.3 is 9.13 Å². The van der Waals surface area contributed by atoms with Crippen molar-refractivity contribution < 1.29 is 35.1 Å². The van der Waals surface area contributed by atoms with E-state index < -0.39 is 35.1 Å². The van der Waals surface area contributed by atoms with Gasteiger partial charge in [-0.2, -0.15) is 35.1 Å². The molecule has 0 amide bonds. The average molecular weight is 358 g/mol. The van der Waals surface area contributed by atoms with Gasteiger partial charge in [0.2, 0.25) is 0 Å². The monoisotopic (exact) mass is 358 g/mol. The number of nitrogens with zero attached hydrogens (tertiary/aromatic N) is 4. The molecular formula is C12H6F8N4. The minimum Gasteiger partial charge on any atom is -0.302 e. The molecule has 2 heterocycles. The summed E-state index contributed by atoms with van der Waals surface area (Å²) in [6.07, 6.45) is 4.06. The van der Waals surface area contributed by atoms with Crippen LogP contribution in [0.5, 0.6) is 0 Å². The number of rotatable bonds is 2. The van der Waals surface area contributed by atoms with E-state index in [2.05, 4.69) is 9.97 Å². The summed E-state index contributed by atoms with van der Waals surface area (Å²) in [5.41, 5.74) is -4.03. The second-order valence-electron chi connectivity index (χ2n) is 4.93. The first kappa shape index (κ1) is 16.5. The Balaban J connectivity index is 2.48. The molecule has 0 saturated heterocycles. The number of imidazole rings is 2. The highest BCUT2D eigenvalue weighted by Crippen LogP contribution is 2.63. The molecule has 0 aliphatic heterocycles. The minimum absolute atomic E-state index is 0.145. The summed E-state index contributed by atoms with van der Waals surface area (Å²) >= 11 is 0. The van der Waals surface area contributed by atoms with E-state index >= 15 is 0 Å². The van der Waals surface area contributed by atoms with E-state index in [1.165, 1.54) is 0 Å². The first-order valence-corrected chi connectivity index (χ1v) is 6.19. The molecule has 0 unspecified atom stereocenters. The second kappa shape index (κ2) is 4.57. The van der Waals surface area contributed by atoms with Crippen LogP contribution in [0, 0.1) is 0 Å². The summed E-state index contributed by atoms with van der Waals surface area (Å²) < 4.78 is 112. The zero-order chi connectivity index (χ0) is 18.0. The summed E-state index contributed by atoms with van der Waals surface area (Å²) in [6, 6.07) is 0. The molecule has 2 aromatic rings. The van der Waals surface area contributed by atoms with Crippen molar-refractivity contribution in [2.75, 3.05) is 0 Å². The number of hydrogen-bond acceptors (Lipinski definition) is 2. The van der Waals surface area contributed by atoms with Gasteiger partial charge in [-0.3, -0.25) is 0 Å². The van der Waals surface area contributed by atoms with Crippen molar-refractivity contribution in [2.45, 2.75) is 23.7 Å². The van der Waals surface area contributed by atoms with Crippen molar-refractivity contribution >= 4 is 11.4 Å². The molecule has 3 rings (SSSR count). The van der Waals surface area contributed by atoms with Gasteiger partial charge in [0.05, 0.1) is 12.7 Å². The summed E-state index contributed by atoms with van der Waals surface area (Å²) in [5, 5.41) is 0. The molecule has 12 heteroatoms. The third kappa shape index (κ3) is 1.73. The number of allylic oxidation sites excluding steroid dienone is 2. The molecule has 0 saturated carbocycles. The molecule has 2 aromatic heterocycles. The van der Waals surface area contributed by atoms with Crippen LogP contribution in [0.4, 0.5) is 35.1 Å². The summed E-state index contributed by atoms with van der Waals surface area (Å²) in [6.45, 7) is 0. The van der Waals surface area contributed by atoms with Crippen LogP contribution in [0.2, 0.25) is 0 Å². The van der Waals surface area contributed by atoms with Crippen molar-refractivity contribution in [3.8, 4) is 0 Å². The fraction of sp³-hybridized carbons (Fsp3) is 0.333. The zero-order valence-corrected chi connectivity index (χ0v) is 11.3. The van der Waals surface area contributed by atoms with E-state index in [9.17, 15) is 35.1 Å². The van der Waals surface area contributed by atoms with Crippen LogP contribution in [0.3, 0.4) is 0 Å². The Morgan fingerprint density at radius 2 is 0.958 bits per heavy atom. The predicted octanol–water partition coefficient (Wildman–Crippen LogP) is 3.46. The third-order valence-corrected chi connectivity index (χ3v) is 3.53. The van der Waals surface area contributed by atoms with Gasteiger partial charge >= 0.3 is 23.7 Å². The number of halogens is 8. The van der Waals surface area contributed by atoms with Gasteiger partial charge in [0.15, 0.2) is 0 Å². The van der Waals surface area contributed by atoms with E-state index in [0.29, 0.717) is 25.0 Å². The standard InChI is InChI=1S/C12H6F8N4/c13-9(14)7(23-3-1-21-5-23)8(24-4-2-22-6-24)10(15,16)12(19,20)11(9,17)18/h1-6H. The van der Waals surface area contributed by atoms with Gasteiger partial charge in [0.25, 0.3) is 0 Å². The van der Waals surface area contributed by atoms with Crippen LogP contribution in [-0.4, -0.2) is 42.8 Å². The van der Waals surface area contributed by atoms with Crippen LogP contribution in [-0.2, 0) is 0 Å². The van der Waals surface area contributed by atoms with Gasteiger partial charge in [0, 0.05) is 24.8 Å². The summed E-state index contributed by atoms with van der Waals surface area (Å²) in [4.78, 5) is 6.61. The summed E-state index contributed by atoms with van der Waals surface area (Å²) in [7, 11) is 0. The minimum atomic E-state index is -6.34. The second-order valence-corrected chi connectivity index (χ2v) is 4.93. The Kier molecular flexibility index (Phi) is 3.14. The van der Waals surface area contributed by atoms with Crippen molar-refractivity contribution in [3.05, 3.63) is 37.4 Å². The molecule has 1 aliphatic rings. The van der Waals surface area contributed by atoms with Gasteiger partial charge in [-0.25, -0.2) is 9.97 Å². The highest BCUT2D eigenvalue weighted by molar-refractivity contribution is 5.83. The number of aromatic nitrogens is 4. The molecule has 0 bridgehead atoms. The molecule has 130 valence electrons. The maximum Gasteiger partial charge on any atom is 0.384 e. The topological polar surface area (TPSA) is 35.6 Å². The maximum absolute atomic E-state index is 14.2. The number of alkyl halides is 8. The molecule has 0 aromatic carbocycles. The molecule has 1 aliphatic carbocycles. The molecule has 0 spiro atoms. The van der Waals surface area contributed by atoms with E-state index in [1.807, 2.05) is 0 Å². The molecular weight excluding hydrogens is 352 g/mol. The van der Waals surface area contributed by atoms with Crippen LogP contribution in [0.25, 0.3) is 11.4 Å². The van der Waals surface area contributed by atoms with Crippen molar-refractivity contribution in [1.82, 2.24) is 19.1 Å². The first-order valence-electron chi connectivity index (χ1n) is 6.19. The number of hydrogen-bond donors (Lipinski definition) is 0. The van der Waals surface area contributed by atoms with E-state index in [0.717, 1.165) is 12.4 Å². The SMILES string of the molecule is FC1(F)C(n2ccnc2)=C(n2ccnc2)C(F)(F)C(F)(F)C1(F)F. The first-order chi connectivity index (χ1) is 11.0. The normalized spacial score (nSPS) is 24.2. The van der Waals surface area contributed by atoms with Crippen molar-refractivity contribution in [3.63, 3.8) is 0 Å². The van der Waals surface area contributed by atoms with Gasteiger partial charge in [0.1, 0.15) is 11.4 Å². The van der Waals surface area contributed by atoms with Crippen LogP contribution < -0.4 is 0 Å². The zero-order valence-electron chi connectivity index (χ0n) is 11.3. The predicted molar refractivity (Wildman–Crippen MR) is 63.6 cm³/mol. The Morgan fingerprint density at radius 3 is 1.21 bits per heavy atom. The quantitative estimate of drug-likeness (QED) is 0.771. The lowest BCUT2D eigenvalue weighted by Gasteiger charge is -2.43. The molecule has 0 N–H and O–H groups in total. The average Bonchev–Trinajstić information content (AvgIpc) is 3.15. The fourth-order valence-corrected chi connectivity index (χ4v) is 2.34. The molecule has 24 heavy (non-hydrogen) atoms. The van der Waals surface area contributed by atoms with Crippen LogP contribution in [0.15, 0.2) is 37.4 Å². The van der Waals surface area contributed by atoms with E-state index in [4.69, 9.17) is 0 Å². The van der Waals surface area contributed by atoms with E-state index in [1.54, 1.807) is 0 Å². The lowest BCUT2D eigenvalue weighted by atomic mass is 9.86. The Bertz CT molecular complexity index is 710. The van der Waals surface area contributed by atoms with Crippen LogP contribution in [0.1, 0.15) is 0 Å². The molecule has 4 nitrogen and oxygen atoms in total. The Morgan fingerprint density at radius 1 is 0.625 bits per heavy atom. The van der Waals surface area contributed by atoms with Crippen molar-refractivity contribution in [1.29, 1.82) is 0 Å². The lowest BCUT2D eigenvalue weighted by molar-refractivity contribution is -0.347. The van der Waals surface area contributed by atoms with Gasteiger partial charge in [-0.1, -0.05) is 0 Å². The summed E-state index contributed by atoms with van der Waals surface area (Å²) in [5.74, 6) is -23.9. The lowest BCUT2D eigenvalue weighted by Crippen LogP contribution is -2.67. The van der Waals surface area contributed by atoms with Gasteiger partial charge in [-0.15, -0.1) is 0 Å². The maximum atomic E-state index is 14.2. The molecule has 0 atom stereocenters. The van der Waals surface area contributed by atoms with E-state index in [-0.39, 0.29) is 9.13 Å². The Labute approximate surface area is 128 Å². The fourth-order valence-electron chi connectivity index (χ4n) is 2.34. The van der Waals surface area contributed by atoms with Crippen molar-refractivity contribution in [2.24, 2.45) is 0 Å². The molecule has 0 fully saturated rings. The van der Waals surface area contributed by atoms with Crippen LogP contribution >= 0.6 is 0 Å². The molecule has 0 radical (unpaired) electrons. The smallest absolute Gasteiger partial charge is 0.302 e. The highest BCUT2D eigenvalue weighted by atomic mass is 19.4. The largest absolute Gasteiger partial charge is 0.384 e. The van der Waals surface area contributed by atoms with Gasteiger partial charge in [-0.05, 0) is 0 Å². The Hall–Kier alpha value is -2.40. The third-order valence-electron chi connectivity index (χ3n) is 3.53. The highest BCUT2D eigenvalue weighted by Gasteiger charge is 2.86.